The molecule has 0 unspecified atom stereocenters. The third kappa shape index (κ3) is 11.0. The fourth-order valence-corrected chi connectivity index (χ4v) is 2.00. The molecule has 0 heterocycles. The molecule has 1 fully saturated rings. The van der Waals surface area contributed by atoms with Crippen LogP contribution in [0.2, 0.25) is 0 Å². The molecular weight excluding hydrogens is 272 g/mol. The molecule has 0 spiro atoms. The lowest BCUT2D eigenvalue weighted by Crippen LogP contribution is -2.42. The number of ether oxygens (including phenoxy) is 1. The quantitative estimate of drug-likeness (QED) is 0.452. The van der Waals surface area contributed by atoms with Crippen LogP contribution >= 0.6 is 0 Å². The summed E-state index contributed by atoms with van der Waals surface area (Å²) in [7, 11) is 0. The number of hydrazine groups is 1. The van der Waals surface area contributed by atoms with E-state index in [1.165, 1.54) is 0 Å². The van der Waals surface area contributed by atoms with Gasteiger partial charge in [0.2, 0.25) is 5.91 Å². The standard InChI is InChI=1S/C12H22N2O3.C2H6.H4N2/c1-12(2,3)17-11(16)14-9-6-4-8(5-7-9)10(13)15;2*1-2/h8-9H,4-7H2,1-3H3,(H2,13,15)(H,14,16);1-2H3;1-2H2. The highest BCUT2D eigenvalue weighted by atomic mass is 16.6. The Balaban J connectivity index is 0. The summed E-state index contributed by atoms with van der Waals surface area (Å²) in [6, 6.07) is 0.0976. The zero-order valence-corrected chi connectivity index (χ0v) is 13.9. The largest absolute Gasteiger partial charge is 0.444 e. The second-order valence-electron chi connectivity index (χ2n) is 5.60. The number of alkyl carbamates (subject to hydrolysis) is 1. The van der Waals surface area contributed by atoms with Crippen LogP contribution in [0.15, 0.2) is 0 Å². The van der Waals surface area contributed by atoms with E-state index in [1.807, 2.05) is 34.6 Å². The predicted molar refractivity (Wildman–Crippen MR) is 84.0 cm³/mol. The molecule has 1 aliphatic rings. The highest BCUT2D eigenvalue weighted by Crippen LogP contribution is 2.24. The summed E-state index contributed by atoms with van der Waals surface area (Å²) in [6.07, 6.45) is 2.67. The van der Waals surface area contributed by atoms with Gasteiger partial charge in [-0.05, 0) is 46.5 Å². The number of carbonyl (C=O) groups is 2. The van der Waals surface area contributed by atoms with Crippen molar-refractivity contribution in [3.05, 3.63) is 0 Å². The molecule has 0 aliphatic heterocycles. The molecule has 7 heteroatoms. The van der Waals surface area contributed by atoms with Gasteiger partial charge in [-0.2, -0.15) is 0 Å². The van der Waals surface area contributed by atoms with E-state index in [1.54, 1.807) is 0 Å². The van der Waals surface area contributed by atoms with Gasteiger partial charge in [-0.25, -0.2) is 4.79 Å². The van der Waals surface area contributed by atoms with Gasteiger partial charge in [-0.15, -0.1) is 0 Å². The number of hydrogen-bond acceptors (Lipinski definition) is 5. The van der Waals surface area contributed by atoms with Crippen molar-refractivity contribution in [2.45, 2.75) is 71.9 Å². The van der Waals surface area contributed by atoms with E-state index in [9.17, 15) is 9.59 Å². The average Bonchev–Trinajstić information content (AvgIpc) is 2.41. The summed E-state index contributed by atoms with van der Waals surface area (Å²) in [4.78, 5) is 22.5. The molecule has 1 aliphatic carbocycles. The van der Waals surface area contributed by atoms with Crippen LogP contribution in [0.1, 0.15) is 60.3 Å². The van der Waals surface area contributed by atoms with Gasteiger partial charge < -0.3 is 15.8 Å². The highest BCUT2D eigenvalue weighted by Gasteiger charge is 2.26. The number of primary amides is 1. The fraction of sp³-hybridized carbons (Fsp3) is 0.857. The molecule has 0 saturated heterocycles. The van der Waals surface area contributed by atoms with E-state index in [2.05, 4.69) is 17.0 Å². The topological polar surface area (TPSA) is 133 Å². The van der Waals surface area contributed by atoms with Crippen LogP contribution in [0.3, 0.4) is 0 Å². The van der Waals surface area contributed by atoms with Crippen LogP contribution in [-0.2, 0) is 9.53 Å². The van der Waals surface area contributed by atoms with Gasteiger partial charge in [0, 0.05) is 12.0 Å². The van der Waals surface area contributed by atoms with Gasteiger partial charge in [0.15, 0.2) is 0 Å². The van der Waals surface area contributed by atoms with Gasteiger partial charge in [-0.1, -0.05) is 13.8 Å². The van der Waals surface area contributed by atoms with Crippen molar-refractivity contribution in [3.63, 3.8) is 0 Å². The summed E-state index contributed by atoms with van der Waals surface area (Å²) >= 11 is 0. The number of hydrogen-bond donors (Lipinski definition) is 4. The molecule has 7 nitrogen and oxygen atoms in total. The minimum atomic E-state index is -0.478. The van der Waals surface area contributed by atoms with Crippen LogP contribution in [0.25, 0.3) is 0 Å². The molecule has 2 amide bonds. The van der Waals surface area contributed by atoms with Gasteiger partial charge in [0.1, 0.15) is 5.60 Å². The smallest absolute Gasteiger partial charge is 0.407 e. The molecular formula is C14H32N4O3. The number of nitrogens with two attached hydrogens (primary N) is 3. The summed E-state index contributed by atoms with van der Waals surface area (Å²) in [5.41, 5.74) is 4.77. The first-order valence-corrected chi connectivity index (χ1v) is 7.40. The van der Waals surface area contributed by atoms with Crippen molar-refractivity contribution in [3.8, 4) is 0 Å². The SMILES string of the molecule is CC.CC(C)(C)OC(=O)NC1CCC(C(N)=O)CC1.NN. The Hall–Kier alpha value is -1.34. The second-order valence-corrected chi connectivity index (χ2v) is 5.60. The number of amides is 2. The molecule has 0 aromatic heterocycles. The molecule has 0 aromatic carbocycles. The lowest BCUT2D eigenvalue weighted by Gasteiger charge is -2.28. The van der Waals surface area contributed by atoms with E-state index < -0.39 is 5.60 Å². The number of rotatable bonds is 2. The maximum atomic E-state index is 11.5. The Morgan fingerprint density at radius 2 is 1.48 bits per heavy atom. The lowest BCUT2D eigenvalue weighted by atomic mass is 9.86. The number of carbonyl (C=O) groups excluding carboxylic acids is 2. The summed E-state index contributed by atoms with van der Waals surface area (Å²) < 4.78 is 5.17. The van der Waals surface area contributed by atoms with E-state index in [0.29, 0.717) is 0 Å². The third-order valence-corrected chi connectivity index (χ3v) is 2.85. The first-order chi connectivity index (χ1) is 9.78. The second kappa shape index (κ2) is 11.3. The lowest BCUT2D eigenvalue weighted by molar-refractivity contribution is -0.122. The third-order valence-electron chi connectivity index (χ3n) is 2.85. The van der Waals surface area contributed by atoms with Crippen LogP contribution in [0.4, 0.5) is 4.79 Å². The molecule has 0 bridgehead atoms. The average molecular weight is 304 g/mol. The molecule has 0 aromatic rings. The van der Waals surface area contributed by atoms with E-state index in [4.69, 9.17) is 10.5 Å². The molecule has 1 saturated carbocycles. The summed E-state index contributed by atoms with van der Waals surface area (Å²) in [6.45, 7) is 9.49. The van der Waals surface area contributed by atoms with Crippen LogP contribution in [0, 0.1) is 5.92 Å². The Labute approximate surface area is 127 Å². The minimum absolute atomic E-state index is 0.0355. The first-order valence-electron chi connectivity index (χ1n) is 7.40. The van der Waals surface area contributed by atoms with Crippen molar-refractivity contribution in [2.75, 3.05) is 0 Å². The van der Waals surface area contributed by atoms with Crippen molar-refractivity contribution in [2.24, 2.45) is 23.3 Å². The predicted octanol–water partition coefficient (Wildman–Crippen LogP) is 1.40. The van der Waals surface area contributed by atoms with Crippen LogP contribution in [0.5, 0.6) is 0 Å². The summed E-state index contributed by atoms with van der Waals surface area (Å²) in [5.74, 6) is 7.73. The van der Waals surface area contributed by atoms with Crippen molar-refractivity contribution in [1.82, 2.24) is 5.32 Å². The molecule has 7 N–H and O–H groups in total. The molecule has 0 atom stereocenters. The van der Waals surface area contributed by atoms with E-state index >= 15 is 0 Å². The summed E-state index contributed by atoms with van der Waals surface area (Å²) in [5, 5.41) is 2.82. The fourth-order valence-electron chi connectivity index (χ4n) is 2.00. The monoisotopic (exact) mass is 304 g/mol. The van der Waals surface area contributed by atoms with Crippen LogP contribution < -0.4 is 22.7 Å². The van der Waals surface area contributed by atoms with Crippen LogP contribution in [-0.4, -0.2) is 23.6 Å². The zero-order valence-electron chi connectivity index (χ0n) is 13.9. The maximum Gasteiger partial charge on any atom is 0.407 e. The Bertz CT molecular complexity index is 295. The zero-order chi connectivity index (χ0) is 17.1. The van der Waals surface area contributed by atoms with Crippen molar-refractivity contribution in [1.29, 1.82) is 0 Å². The Morgan fingerprint density at radius 1 is 1.05 bits per heavy atom. The normalized spacial score (nSPS) is 20.9. The van der Waals surface area contributed by atoms with Crippen molar-refractivity contribution < 1.29 is 14.3 Å². The van der Waals surface area contributed by atoms with Gasteiger partial charge in [0.25, 0.3) is 0 Å². The Kier molecular flexibility index (Phi) is 11.8. The number of nitrogens with one attached hydrogen (secondary N) is 1. The molecule has 126 valence electrons. The molecule has 0 radical (unpaired) electrons. The van der Waals surface area contributed by atoms with Gasteiger partial charge in [0.05, 0.1) is 0 Å². The maximum absolute atomic E-state index is 11.5. The Morgan fingerprint density at radius 3 is 1.81 bits per heavy atom. The molecule has 21 heavy (non-hydrogen) atoms. The van der Waals surface area contributed by atoms with E-state index in [-0.39, 0.29) is 24.0 Å². The van der Waals surface area contributed by atoms with Gasteiger partial charge in [-0.3, -0.25) is 16.5 Å². The van der Waals surface area contributed by atoms with Gasteiger partial charge >= 0.3 is 6.09 Å². The minimum Gasteiger partial charge on any atom is -0.444 e. The van der Waals surface area contributed by atoms with E-state index in [0.717, 1.165) is 25.7 Å². The first kappa shape index (κ1) is 21.9. The molecule has 1 rings (SSSR count). The van der Waals surface area contributed by atoms with Crippen molar-refractivity contribution >= 4 is 12.0 Å². The highest BCUT2D eigenvalue weighted by molar-refractivity contribution is 5.76.